The quantitative estimate of drug-likeness (QED) is 0.879. The Bertz CT molecular complexity index is 584. The maximum Gasteiger partial charge on any atom is 0.255 e. The van der Waals surface area contributed by atoms with Gasteiger partial charge < -0.3 is 15.8 Å². The Kier molecular flexibility index (Phi) is 4.10. The Labute approximate surface area is 111 Å². The van der Waals surface area contributed by atoms with Gasteiger partial charge >= 0.3 is 0 Å². The van der Waals surface area contributed by atoms with E-state index in [2.05, 4.69) is 10.3 Å². The van der Waals surface area contributed by atoms with Gasteiger partial charge in [-0.2, -0.15) is 0 Å². The number of amides is 1. The molecule has 0 saturated heterocycles. The van der Waals surface area contributed by atoms with Gasteiger partial charge in [0.2, 0.25) is 0 Å². The van der Waals surface area contributed by atoms with E-state index in [9.17, 15) is 4.79 Å². The summed E-state index contributed by atoms with van der Waals surface area (Å²) >= 11 is 0. The van der Waals surface area contributed by atoms with Crippen molar-refractivity contribution in [1.29, 1.82) is 0 Å². The van der Waals surface area contributed by atoms with E-state index in [4.69, 9.17) is 10.5 Å². The number of nitrogens with zero attached hydrogens (tertiary/aromatic N) is 1. The van der Waals surface area contributed by atoms with Gasteiger partial charge in [-0.05, 0) is 18.2 Å². The van der Waals surface area contributed by atoms with E-state index < -0.39 is 0 Å². The lowest BCUT2D eigenvalue weighted by molar-refractivity contribution is 0.102. The van der Waals surface area contributed by atoms with Crippen LogP contribution in [0.5, 0.6) is 0 Å². The van der Waals surface area contributed by atoms with Crippen LogP contribution in [-0.2, 0) is 11.3 Å². The van der Waals surface area contributed by atoms with Crippen molar-refractivity contribution >= 4 is 17.4 Å². The van der Waals surface area contributed by atoms with Crippen LogP contribution in [0.3, 0.4) is 0 Å². The van der Waals surface area contributed by atoms with Gasteiger partial charge in [-0.3, -0.25) is 4.79 Å². The molecule has 1 aromatic heterocycles. The van der Waals surface area contributed by atoms with E-state index in [1.165, 1.54) is 12.3 Å². The number of para-hydroxylation sites is 1. The largest absolute Gasteiger partial charge is 0.384 e. The topological polar surface area (TPSA) is 77.2 Å². The van der Waals surface area contributed by atoms with Crippen molar-refractivity contribution in [3.8, 4) is 0 Å². The van der Waals surface area contributed by atoms with Crippen LogP contribution in [0.4, 0.5) is 11.5 Å². The fourth-order valence-electron chi connectivity index (χ4n) is 1.71. The molecule has 3 N–H and O–H groups in total. The molecule has 0 atom stereocenters. The second-order valence-electron chi connectivity index (χ2n) is 4.01. The minimum absolute atomic E-state index is 0.224. The summed E-state index contributed by atoms with van der Waals surface area (Å²) in [7, 11) is 1.61. The zero-order valence-electron chi connectivity index (χ0n) is 10.6. The number of methoxy groups -OCH3 is 1. The molecule has 1 heterocycles. The lowest BCUT2D eigenvalue weighted by Crippen LogP contribution is -2.14. The highest BCUT2D eigenvalue weighted by Crippen LogP contribution is 2.17. The molecule has 0 spiro atoms. The molecule has 0 fully saturated rings. The van der Waals surface area contributed by atoms with Crippen LogP contribution in [0.25, 0.3) is 0 Å². The van der Waals surface area contributed by atoms with E-state index >= 15 is 0 Å². The summed E-state index contributed by atoms with van der Waals surface area (Å²) in [5, 5.41) is 2.84. The second kappa shape index (κ2) is 5.97. The molecule has 0 unspecified atom stereocenters. The van der Waals surface area contributed by atoms with Crippen molar-refractivity contribution in [3.63, 3.8) is 0 Å². The SMILES string of the molecule is COCc1ccccc1NC(=O)c1ccnc(N)c1. The normalized spacial score (nSPS) is 10.2. The van der Waals surface area contributed by atoms with E-state index in [0.29, 0.717) is 18.0 Å². The first-order valence-electron chi connectivity index (χ1n) is 5.80. The molecular formula is C14H15N3O2. The third-order valence-electron chi connectivity index (χ3n) is 2.61. The van der Waals surface area contributed by atoms with Crippen molar-refractivity contribution in [2.24, 2.45) is 0 Å². The van der Waals surface area contributed by atoms with Gasteiger partial charge in [0.1, 0.15) is 5.82 Å². The van der Waals surface area contributed by atoms with Crippen molar-refractivity contribution in [3.05, 3.63) is 53.7 Å². The second-order valence-corrected chi connectivity index (χ2v) is 4.01. The van der Waals surface area contributed by atoms with Crippen LogP contribution < -0.4 is 11.1 Å². The monoisotopic (exact) mass is 257 g/mol. The Morgan fingerprint density at radius 3 is 2.89 bits per heavy atom. The maximum absolute atomic E-state index is 12.1. The zero-order valence-corrected chi connectivity index (χ0v) is 10.6. The predicted octanol–water partition coefficient (Wildman–Crippen LogP) is 2.06. The standard InChI is InChI=1S/C14H15N3O2/c1-19-9-11-4-2-3-5-12(11)17-14(18)10-6-7-16-13(15)8-10/h2-8H,9H2,1H3,(H2,15,16)(H,17,18). The van der Waals surface area contributed by atoms with Crippen LogP contribution in [0.15, 0.2) is 42.6 Å². The minimum Gasteiger partial charge on any atom is -0.384 e. The smallest absolute Gasteiger partial charge is 0.255 e. The number of nitrogens with two attached hydrogens (primary N) is 1. The fourth-order valence-corrected chi connectivity index (χ4v) is 1.71. The average Bonchev–Trinajstić information content (AvgIpc) is 2.41. The first kappa shape index (κ1) is 13.0. The average molecular weight is 257 g/mol. The molecule has 98 valence electrons. The number of pyridine rings is 1. The van der Waals surface area contributed by atoms with Crippen molar-refractivity contribution in [1.82, 2.24) is 4.98 Å². The molecule has 2 rings (SSSR count). The summed E-state index contributed by atoms with van der Waals surface area (Å²) in [5.41, 5.74) is 7.67. The Morgan fingerprint density at radius 1 is 1.37 bits per heavy atom. The van der Waals surface area contributed by atoms with Crippen molar-refractivity contribution in [2.45, 2.75) is 6.61 Å². The third-order valence-corrected chi connectivity index (χ3v) is 2.61. The highest BCUT2D eigenvalue weighted by Gasteiger charge is 2.09. The molecule has 0 aliphatic heterocycles. The number of rotatable bonds is 4. The zero-order chi connectivity index (χ0) is 13.7. The lowest BCUT2D eigenvalue weighted by atomic mass is 10.1. The summed E-state index contributed by atoms with van der Waals surface area (Å²) in [6.45, 7) is 0.439. The van der Waals surface area contributed by atoms with Gasteiger partial charge in [0.25, 0.3) is 5.91 Å². The highest BCUT2D eigenvalue weighted by molar-refractivity contribution is 6.04. The summed E-state index contributed by atoms with van der Waals surface area (Å²) in [4.78, 5) is 15.9. The molecule has 19 heavy (non-hydrogen) atoms. The number of carbonyl (C=O) groups is 1. The molecule has 0 aliphatic rings. The lowest BCUT2D eigenvalue weighted by Gasteiger charge is -2.10. The molecule has 0 radical (unpaired) electrons. The van der Waals surface area contributed by atoms with Crippen LogP contribution in [0.2, 0.25) is 0 Å². The van der Waals surface area contributed by atoms with Gasteiger partial charge in [0.05, 0.1) is 6.61 Å². The molecule has 1 amide bonds. The molecule has 0 aliphatic carbocycles. The molecule has 2 aromatic rings. The number of nitrogen functional groups attached to an aromatic ring is 1. The van der Waals surface area contributed by atoms with Gasteiger partial charge in [-0.1, -0.05) is 18.2 Å². The molecule has 1 aromatic carbocycles. The van der Waals surface area contributed by atoms with Crippen LogP contribution in [-0.4, -0.2) is 18.0 Å². The summed E-state index contributed by atoms with van der Waals surface area (Å²) in [5.74, 6) is 0.0930. The van der Waals surface area contributed by atoms with E-state index in [0.717, 1.165) is 11.3 Å². The Hall–Kier alpha value is -2.40. The number of hydrogen-bond donors (Lipinski definition) is 2. The number of anilines is 2. The number of hydrogen-bond acceptors (Lipinski definition) is 4. The van der Waals surface area contributed by atoms with Crippen molar-refractivity contribution < 1.29 is 9.53 Å². The van der Waals surface area contributed by atoms with Gasteiger partial charge in [0.15, 0.2) is 0 Å². The molecule has 0 bridgehead atoms. The van der Waals surface area contributed by atoms with E-state index in [1.807, 2.05) is 24.3 Å². The number of benzene rings is 1. The summed E-state index contributed by atoms with van der Waals surface area (Å²) in [6.07, 6.45) is 1.51. The Balaban J connectivity index is 2.19. The number of ether oxygens (including phenoxy) is 1. The number of carbonyl (C=O) groups excluding carboxylic acids is 1. The molecule has 5 heteroatoms. The van der Waals surface area contributed by atoms with E-state index in [1.54, 1.807) is 13.2 Å². The first-order valence-corrected chi connectivity index (χ1v) is 5.80. The third kappa shape index (κ3) is 3.29. The fraction of sp³-hybridized carbons (Fsp3) is 0.143. The Morgan fingerprint density at radius 2 is 2.16 bits per heavy atom. The summed E-state index contributed by atoms with van der Waals surface area (Å²) in [6, 6.07) is 10.6. The van der Waals surface area contributed by atoms with Crippen LogP contribution >= 0.6 is 0 Å². The molecule has 0 saturated carbocycles. The predicted molar refractivity (Wildman–Crippen MR) is 73.8 cm³/mol. The van der Waals surface area contributed by atoms with Gasteiger partial charge in [-0.15, -0.1) is 0 Å². The first-order chi connectivity index (χ1) is 9.20. The van der Waals surface area contributed by atoms with Gasteiger partial charge in [0, 0.05) is 30.1 Å². The van der Waals surface area contributed by atoms with Crippen LogP contribution in [0.1, 0.15) is 15.9 Å². The molecule has 5 nitrogen and oxygen atoms in total. The minimum atomic E-state index is -0.224. The van der Waals surface area contributed by atoms with Crippen LogP contribution in [0, 0.1) is 0 Å². The maximum atomic E-state index is 12.1. The number of aromatic nitrogens is 1. The number of nitrogens with one attached hydrogen (secondary N) is 1. The van der Waals surface area contributed by atoms with E-state index in [-0.39, 0.29) is 5.91 Å². The van der Waals surface area contributed by atoms with Gasteiger partial charge in [-0.25, -0.2) is 4.98 Å². The molecular weight excluding hydrogens is 242 g/mol. The van der Waals surface area contributed by atoms with Crippen molar-refractivity contribution in [2.75, 3.05) is 18.2 Å². The summed E-state index contributed by atoms with van der Waals surface area (Å²) < 4.78 is 5.09. The highest BCUT2D eigenvalue weighted by atomic mass is 16.5.